The molecule has 1 aliphatic heterocycles. The molecular formula is C19H19N3O4S. The zero-order chi connectivity index (χ0) is 19.0. The van der Waals surface area contributed by atoms with Crippen molar-refractivity contribution < 1.29 is 19.1 Å². The van der Waals surface area contributed by atoms with E-state index in [0.29, 0.717) is 53.1 Å². The lowest BCUT2D eigenvalue weighted by atomic mass is 10.1. The van der Waals surface area contributed by atoms with Gasteiger partial charge in [0.25, 0.3) is 5.91 Å². The van der Waals surface area contributed by atoms with E-state index in [1.165, 1.54) is 11.3 Å². The smallest absolute Gasteiger partial charge is 0.266 e. The number of carbonyl (C=O) groups excluding carboxylic acids is 2. The molecule has 1 fully saturated rings. The summed E-state index contributed by atoms with van der Waals surface area (Å²) in [5, 5.41) is 0. The van der Waals surface area contributed by atoms with Crippen LogP contribution in [0.15, 0.2) is 30.5 Å². The monoisotopic (exact) mass is 385 g/mol. The van der Waals surface area contributed by atoms with E-state index in [0.717, 1.165) is 5.69 Å². The molecule has 0 N–H and O–H groups in total. The first kappa shape index (κ1) is 17.7. The molecular weight excluding hydrogens is 366 g/mol. The van der Waals surface area contributed by atoms with E-state index in [1.807, 2.05) is 6.92 Å². The van der Waals surface area contributed by atoms with E-state index in [2.05, 4.69) is 4.98 Å². The molecule has 2 aromatic heterocycles. The van der Waals surface area contributed by atoms with Crippen molar-refractivity contribution in [1.29, 1.82) is 0 Å². The number of ketones is 1. The van der Waals surface area contributed by atoms with Crippen LogP contribution in [0.1, 0.15) is 31.4 Å². The van der Waals surface area contributed by atoms with Crippen LogP contribution in [-0.2, 0) is 4.74 Å². The highest BCUT2D eigenvalue weighted by molar-refractivity contribution is 7.19. The minimum absolute atomic E-state index is 0.0360. The average Bonchev–Trinajstić information content (AvgIpc) is 3.28. The summed E-state index contributed by atoms with van der Waals surface area (Å²) in [5.41, 5.74) is 1.69. The second kappa shape index (κ2) is 7.13. The number of benzene rings is 1. The van der Waals surface area contributed by atoms with Crippen molar-refractivity contribution in [3.05, 3.63) is 52.3 Å². The Morgan fingerprint density at radius 3 is 2.78 bits per heavy atom. The largest absolute Gasteiger partial charge is 0.497 e. The minimum atomic E-state index is -0.160. The van der Waals surface area contributed by atoms with E-state index >= 15 is 0 Å². The Morgan fingerprint density at radius 1 is 1.26 bits per heavy atom. The van der Waals surface area contributed by atoms with Crippen LogP contribution in [0.2, 0.25) is 0 Å². The SMILES string of the molecule is COc1cccc(C(=O)c2cnc3sc(C(=O)N4CCOCC4)c(C)n23)c1. The molecule has 0 saturated carbocycles. The number of nitrogens with zero attached hydrogens (tertiary/aromatic N) is 3. The van der Waals surface area contributed by atoms with Crippen molar-refractivity contribution in [2.24, 2.45) is 0 Å². The number of carbonyl (C=O) groups is 2. The van der Waals surface area contributed by atoms with Crippen LogP contribution in [0.4, 0.5) is 0 Å². The van der Waals surface area contributed by atoms with Crippen molar-refractivity contribution in [1.82, 2.24) is 14.3 Å². The molecule has 0 atom stereocenters. The fraction of sp³-hybridized carbons (Fsp3) is 0.316. The number of fused-ring (bicyclic) bond motifs is 1. The highest BCUT2D eigenvalue weighted by atomic mass is 32.1. The normalized spacial score (nSPS) is 14.5. The van der Waals surface area contributed by atoms with Crippen molar-refractivity contribution >= 4 is 28.0 Å². The van der Waals surface area contributed by atoms with E-state index in [-0.39, 0.29) is 11.7 Å². The van der Waals surface area contributed by atoms with Crippen LogP contribution in [0.5, 0.6) is 5.75 Å². The predicted molar refractivity (Wildman–Crippen MR) is 101 cm³/mol. The van der Waals surface area contributed by atoms with Crippen molar-refractivity contribution in [2.45, 2.75) is 6.92 Å². The number of hydrogen-bond acceptors (Lipinski definition) is 6. The molecule has 3 heterocycles. The van der Waals surface area contributed by atoms with Gasteiger partial charge in [-0.25, -0.2) is 4.98 Å². The third-order valence-electron chi connectivity index (χ3n) is 4.64. The number of aryl methyl sites for hydroxylation is 1. The second-order valence-corrected chi connectivity index (χ2v) is 7.22. The zero-order valence-electron chi connectivity index (χ0n) is 15.1. The third-order valence-corrected chi connectivity index (χ3v) is 5.79. The third kappa shape index (κ3) is 3.11. The van der Waals surface area contributed by atoms with Crippen LogP contribution in [0.3, 0.4) is 0 Å². The topological polar surface area (TPSA) is 73.1 Å². The standard InChI is InChI=1S/C19H19N3O4S/c1-12-17(18(24)21-6-8-26-9-7-21)27-19-20-11-15(22(12)19)16(23)13-4-3-5-14(10-13)25-2/h3-5,10-11H,6-9H2,1-2H3. The molecule has 1 aromatic carbocycles. The van der Waals surface area contributed by atoms with Gasteiger partial charge in [-0.3, -0.25) is 14.0 Å². The molecule has 7 nitrogen and oxygen atoms in total. The Hall–Kier alpha value is -2.71. The van der Waals surface area contributed by atoms with Gasteiger partial charge in [0, 0.05) is 24.3 Å². The first-order chi connectivity index (χ1) is 13.1. The first-order valence-corrected chi connectivity index (χ1v) is 9.44. The van der Waals surface area contributed by atoms with Crippen LogP contribution >= 0.6 is 11.3 Å². The summed E-state index contributed by atoms with van der Waals surface area (Å²) < 4.78 is 12.3. The van der Waals surface area contributed by atoms with Gasteiger partial charge in [0.15, 0.2) is 4.96 Å². The average molecular weight is 385 g/mol. The summed E-state index contributed by atoms with van der Waals surface area (Å²) in [5.74, 6) is 0.422. The summed E-state index contributed by atoms with van der Waals surface area (Å²) in [6.45, 7) is 4.10. The molecule has 27 heavy (non-hydrogen) atoms. The van der Waals surface area contributed by atoms with Crippen LogP contribution < -0.4 is 4.74 Å². The van der Waals surface area contributed by atoms with Gasteiger partial charge in [0.2, 0.25) is 5.78 Å². The Morgan fingerprint density at radius 2 is 2.04 bits per heavy atom. The van der Waals surface area contributed by atoms with E-state index in [9.17, 15) is 9.59 Å². The molecule has 8 heteroatoms. The maximum atomic E-state index is 13.0. The van der Waals surface area contributed by atoms with Crippen LogP contribution in [0.25, 0.3) is 4.96 Å². The molecule has 3 aromatic rings. The summed E-state index contributed by atoms with van der Waals surface area (Å²) in [4.78, 5) is 33.2. The van der Waals surface area contributed by atoms with Gasteiger partial charge < -0.3 is 14.4 Å². The molecule has 0 bridgehead atoms. The fourth-order valence-electron chi connectivity index (χ4n) is 3.18. The number of methoxy groups -OCH3 is 1. The maximum absolute atomic E-state index is 13.0. The summed E-state index contributed by atoms with van der Waals surface area (Å²) in [7, 11) is 1.56. The molecule has 140 valence electrons. The minimum Gasteiger partial charge on any atom is -0.497 e. The van der Waals surface area contributed by atoms with Gasteiger partial charge in [0.1, 0.15) is 16.3 Å². The van der Waals surface area contributed by atoms with Crippen LogP contribution in [-0.4, -0.2) is 59.4 Å². The first-order valence-electron chi connectivity index (χ1n) is 8.62. The number of rotatable bonds is 4. The van der Waals surface area contributed by atoms with E-state index < -0.39 is 0 Å². The van der Waals surface area contributed by atoms with Crippen LogP contribution in [0, 0.1) is 6.92 Å². The van der Waals surface area contributed by atoms with Gasteiger partial charge in [-0.15, -0.1) is 0 Å². The number of aromatic nitrogens is 2. The van der Waals surface area contributed by atoms with E-state index in [4.69, 9.17) is 9.47 Å². The molecule has 0 aliphatic carbocycles. The number of hydrogen-bond donors (Lipinski definition) is 0. The Labute approximate surface area is 160 Å². The highest BCUT2D eigenvalue weighted by Gasteiger charge is 2.26. The quantitative estimate of drug-likeness (QED) is 0.645. The van der Waals surface area contributed by atoms with Crippen molar-refractivity contribution in [3.63, 3.8) is 0 Å². The Bertz CT molecular complexity index is 1020. The Kier molecular flexibility index (Phi) is 4.67. The fourth-order valence-corrected chi connectivity index (χ4v) is 4.25. The molecule has 0 radical (unpaired) electrons. The molecule has 1 saturated heterocycles. The summed E-state index contributed by atoms with van der Waals surface area (Å²) in [6, 6.07) is 7.00. The second-order valence-electron chi connectivity index (χ2n) is 6.24. The molecule has 1 aliphatic rings. The molecule has 1 amide bonds. The number of morpholine rings is 1. The number of ether oxygens (including phenoxy) is 2. The molecule has 0 unspecified atom stereocenters. The van der Waals surface area contributed by atoms with Gasteiger partial charge in [-0.1, -0.05) is 23.5 Å². The number of amides is 1. The molecule has 0 spiro atoms. The lowest BCUT2D eigenvalue weighted by Crippen LogP contribution is -2.40. The predicted octanol–water partition coefficient (Wildman–Crippen LogP) is 2.42. The van der Waals surface area contributed by atoms with Gasteiger partial charge >= 0.3 is 0 Å². The highest BCUT2D eigenvalue weighted by Crippen LogP contribution is 2.27. The number of imidazole rings is 1. The van der Waals surface area contributed by atoms with Gasteiger partial charge in [-0.05, 0) is 19.1 Å². The van der Waals surface area contributed by atoms with Gasteiger partial charge in [0.05, 0.1) is 26.5 Å². The summed E-state index contributed by atoms with van der Waals surface area (Å²) in [6.07, 6.45) is 1.56. The lowest BCUT2D eigenvalue weighted by molar-refractivity contribution is 0.0305. The zero-order valence-corrected chi connectivity index (χ0v) is 15.9. The Balaban J connectivity index is 1.71. The number of thiazole rings is 1. The van der Waals surface area contributed by atoms with Gasteiger partial charge in [-0.2, -0.15) is 0 Å². The van der Waals surface area contributed by atoms with E-state index in [1.54, 1.807) is 46.9 Å². The van der Waals surface area contributed by atoms with Crippen molar-refractivity contribution in [3.8, 4) is 5.75 Å². The maximum Gasteiger partial charge on any atom is 0.266 e. The lowest BCUT2D eigenvalue weighted by Gasteiger charge is -2.26. The summed E-state index contributed by atoms with van der Waals surface area (Å²) >= 11 is 1.31. The van der Waals surface area contributed by atoms with Crippen molar-refractivity contribution in [2.75, 3.05) is 33.4 Å². The molecule has 4 rings (SSSR count).